The molecule has 0 aliphatic carbocycles. The number of benzene rings is 2. The Morgan fingerprint density at radius 3 is 2.53 bits per heavy atom. The first-order valence-electron chi connectivity index (χ1n) is 10.1. The van der Waals surface area contributed by atoms with Crippen molar-refractivity contribution < 1.29 is 28.1 Å². The van der Waals surface area contributed by atoms with E-state index in [1.165, 1.54) is 20.3 Å². The number of rotatable bonds is 9. The van der Waals surface area contributed by atoms with Gasteiger partial charge in [0.15, 0.2) is 11.5 Å². The van der Waals surface area contributed by atoms with Crippen LogP contribution >= 0.6 is 0 Å². The average Bonchev–Trinajstić information content (AvgIpc) is 3.00. The summed E-state index contributed by atoms with van der Waals surface area (Å²) < 4.78 is 23.6. The van der Waals surface area contributed by atoms with E-state index in [1.54, 1.807) is 36.4 Å². The zero-order valence-corrected chi connectivity index (χ0v) is 19.3. The van der Waals surface area contributed by atoms with Crippen molar-refractivity contribution in [2.24, 2.45) is 0 Å². The molecule has 0 saturated carbocycles. The second-order valence-corrected chi connectivity index (χ2v) is 8.87. The Balaban J connectivity index is 1.92. The van der Waals surface area contributed by atoms with Gasteiger partial charge in [0.2, 0.25) is 5.91 Å². The third kappa shape index (κ3) is 4.67. The molecule has 32 heavy (non-hydrogen) atoms. The molecular weight excluding hydrogens is 432 g/mol. The Labute approximate surface area is 189 Å². The molecule has 2 aromatic carbocycles. The molecule has 0 saturated heterocycles. The molecule has 0 bridgehead atoms. The number of fused-ring (bicyclic) bond motifs is 1. The number of nitrogens with one attached hydrogen (secondary N) is 1. The fourth-order valence-electron chi connectivity index (χ4n) is 3.67. The number of carbonyl (C=O) groups is 3. The van der Waals surface area contributed by atoms with E-state index >= 15 is 0 Å². The van der Waals surface area contributed by atoms with Crippen molar-refractivity contribution in [2.45, 2.75) is 25.6 Å². The van der Waals surface area contributed by atoms with Crippen LogP contribution in [-0.4, -0.2) is 53.3 Å². The molecule has 2 unspecified atom stereocenters. The molecule has 1 aliphatic rings. The van der Waals surface area contributed by atoms with E-state index < -0.39 is 27.9 Å². The molecule has 2 atom stereocenters. The van der Waals surface area contributed by atoms with Crippen LogP contribution in [0.3, 0.4) is 0 Å². The highest BCUT2D eigenvalue weighted by Crippen LogP contribution is 2.34. The van der Waals surface area contributed by atoms with Gasteiger partial charge < -0.3 is 14.8 Å². The van der Waals surface area contributed by atoms with Crippen molar-refractivity contribution >= 4 is 28.5 Å². The minimum absolute atomic E-state index is 0.0487. The van der Waals surface area contributed by atoms with E-state index in [9.17, 15) is 18.6 Å². The summed E-state index contributed by atoms with van der Waals surface area (Å²) >= 11 is 0. The lowest BCUT2D eigenvalue weighted by atomic mass is 10.0. The van der Waals surface area contributed by atoms with Crippen LogP contribution < -0.4 is 14.8 Å². The average molecular weight is 459 g/mol. The highest BCUT2D eigenvalue weighted by Gasteiger charge is 2.39. The summed E-state index contributed by atoms with van der Waals surface area (Å²) in [6, 6.07) is 10.2. The Morgan fingerprint density at radius 1 is 1.16 bits per heavy atom. The minimum atomic E-state index is -1.38. The van der Waals surface area contributed by atoms with Crippen LogP contribution in [-0.2, 0) is 22.1 Å². The number of imide groups is 1. The van der Waals surface area contributed by atoms with Gasteiger partial charge in [0.1, 0.15) is 0 Å². The van der Waals surface area contributed by atoms with Crippen LogP contribution in [0.2, 0.25) is 0 Å². The molecular formula is C23H26N2O6S. The Hall–Kier alpha value is -3.20. The summed E-state index contributed by atoms with van der Waals surface area (Å²) in [7, 11) is 0.151. The van der Waals surface area contributed by atoms with Gasteiger partial charge in [0, 0.05) is 37.1 Å². The smallest absolute Gasteiger partial charge is 0.261 e. The van der Waals surface area contributed by atoms with E-state index in [0.29, 0.717) is 29.2 Å². The Bertz CT molecular complexity index is 1080. The van der Waals surface area contributed by atoms with Gasteiger partial charge in [-0.2, -0.15) is 0 Å². The molecule has 0 spiro atoms. The molecule has 1 aliphatic heterocycles. The summed E-state index contributed by atoms with van der Waals surface area (Å²) in [4.78, 5) is 38.6. The molecule has 0 aromatic heterocycles. The third-order valence-electron chi connectivity index (χ3n) is 5.22. The van der Waals surface area contributed by atoms with Crippen molar-refractivity contribution in [2.75, 3.05) is 26.5 Å². The molecule has 0 radical (unpaired) electrons. The van der Waals surface area contributed by atoms with Gasteiger partial charge in [-0.25, -0.2) is 0 Å². The van der Waals surface area contributed by atoms with Crippen molar-refractivity contribution in [3.05, 3.63) is 58.7 Å². The van der Waals surface area contributed by atoms with E-state index in [4.69, 9.17) is 9.47 Å². The number of carbonyl (C=O) groups excluding carboxylic acids is 3. The summed E-state index contributed by atoms with van der Waals surface area (Å²) in [5, 5.41) is 2.05. The van der Waals surface area contributed by atoms with E-state index in [-0.39, 0.29) is 30.1 Å². The maximum absolute atomic E-state index is 13.2. The maximum atomic E-state index is 13.2. The normalized spacial score (nSPS) is 14.7. The lowest BCUT2D eigenvalue weighted by Crippen LogP contribution is -2.35. The van der Waals surface area contributed by atoms with Crippen LogP contribution in [0, 0.1) is 0 Å². The van der Waals surface area contributed by atoms with Crippen LogP contribution in [0.1, 0.15) is 50.9 Å². The van der Waals surface area contributed by atoms with Crippen LogP contribution in [0.25, 0.3) is 0 Å². The zero-order valence-electron chi connectivity index (χ0n) is 18.5. The van der Waals surface area contributed by atoms with Gasteiger partial charge in [0.05, 0.1) is 30.1 Å². The number of amides is 3. The zero-order chi connectivity index (χ0) is 23.4. The Morgan fingerprint density at radius 2 is 1.91 bits per heavy atom. The summed E-state index contributed by atoms with van der Waals surface area (Å²) in [6.07, 6.45) is 1.54. The van der Waals surface area contributed by atoms with E-state index in [1.807, 2.05) is 6.92 Å². The molecule has 0 fully saturated rings. The number of ether oxygens (including phenoxy) is 2. The predicted octanol–water partition coefficient (Wildman–Crippen LogP) is 2.45. The van der Waals surface area contributed by atoms with Crippen molar-refractivity contribution in [3.63, 3.8) is 0 Å². The van der Waals surface area contributed by atoms with Gasteiger partial charge in [-0.1, -0.05) is 18.2 Å². The van der Waals surface area contributed by atoms with Gasteiger partial charge in [0.25, 0.3) is 11.8 Å². The number of nitrogens with zero attached hydrogens (tertiary/aromatic N) is 1. The molecule has 1 heterocycles. The van der Waals surface area contributed by atoms with E-state index in [2.05, 4.69) is 5.32 Å². The monoisotopic (exact) mass is 458 g/mol. The van der Waals surface area contributed by atoms with Crippen LogP contribution in [0.15, 0.2) is 36.4 Å². The van der Waals surface area contributed by atoms with Crippen molar-refractivity contribution in [1.29, 1.82) is 0 Å². The first-order chi connectivity index (χ1) is 15.3. The lowest BCUT2D eigenvalue weighted by molar-refractivity contribution is -0.119. The number of hydrogen-bond acceptors (Lipinski definition) is 6. The maximum Gasteiger partial charge on any atom is 0.261 e. The first kappa shape index (κ1) is 23.5. The lowest BCUT2D eigenvalue weighted by Gasteiger charge is -2.22. The topological polar surface area (TPSA) is 102 Å². The minimum Gasteiger partial charge on any atom is -0.493 e. The predicted molar refractivity (Wildman–Crippen MR) is 120 cm³/mol. The standard InChI is InChI=1S/C23H26N2O6S/c1-5-31-19-11-15(9-10-18(19)30-3)20(32(4)29)13-25-22(27)17-8-6-7-16(12-24-14(2)26)21(17)23(25)28/h6-11,20H,5,12-13H2,1-4H3,(H,24,26). The van der Waals surface area contributed by atoms with Gasteiger partial charge >= 0.3 is 0 Å². The van der Waals surface area contributed by atoms with Crippen molar-refractivity contribution in [1.82, 2.24) is 10.2 Å². The molecule has 3 amide bonds. The summed E-state index contributed by atoms with van der Waals surface area (Å²) in [5.41, 5.74) is 1.79. The van der Waals surface area contributed by atoms with Crippen LogP contribution in [0.4, 0.5) is 0 Å². The molecule has 3 rings (SSSR count). The third-order valence-corrected chi connectivity index (χ3v) is 6.44. The fourth-order valence-corrected chi connectivity index (χ4v) is 4.55. The molecule has 9 heteroatoms. The largest absolute Gasteiger partial charge is 0.493 e. The molecule has 170 valence electrons. The van der Waals surface area contributed by atoms with Crippen molar-refractivity contribution in [3.8, 4) is 11.5 Å². The van der Waals surface area contributed by atoms with Gasteiger partial charge in [-0.15, -0.1) is 0 Å². The highest BCUT2D eigenvalue weighted by molar-refractivity contribution is 7.84. The molecule has 2 aromatic rings. The van der Waals surface area contributed by atoms with Gasteiger partial charge in [-0.05, 0) is 36.2 Å². The Kier molecular flexibility index (Phi) is 7.29. The SMILES string of the molecule is CCOc1cc(C(CN2C(=O)c3cccc(CNC(C)=O)c3C2=O)S(C)=O)ccc1OC. The first-order valence-corrected chi connectivity index (χ1v) is 11.8. The fraction of sp³-hybridized carbons (Fsp3) is 0.348. The summed E-state index contributed by atoms with van der Waals surface area (Å²) in [5.74, 6) is -0.0895. The second-order valence-electron chi connectivity index (χ2n) is 7.30. The number of hydrogen-bond donors (Lipinski definition) is 1. The molecule has 8 nitrogen and oxygen atoms in total. The van der Waals surface area contributed by atoms with E-state index in [0.717, 1.165) is 4.90 Å². The highest BCUT2D eigenvalue weighted by atomic mass is 32.2. The van der Waals surface area contributed by atoms with Gasteiger partial charge in [-0.3, -0.25) is 23.5 Å². The quantitative estimate of drug-likeness (QED) is 0.579. The number of methoxy groups -OCH3 is 1. The summed E-state index contributed by atoms with van der Waals surface area (Å²) in [6.45, 7) is 3.75. The molecule has 1 N–H and O–H groups in total. The second kappa shape index (κ2) is 9.95. The van der Waals surface area contributed by atoms with Crippen LogP contribution in [0.5, 0.6) is 11.5 Å².